The molecular weight excluding hydrogens is 304 g/mol. The molecule has 1 unspecified atom stereocenters. The Bertz CT molecular complexity index is 547. The number of likely N-dealkylation sites (tertiary alicyclic amines) is 1. The van der Waals surface area contributed by atoms with Crippen molar-refractivity contribution in [2.45, 2.75) is 26.2 Å². The molecule has 0 aromatic heterocycles. The number of aliphatic hydroxyl groups is 1. The minimum atomic E-state index is -0.134. The summed E-state index contributed by atoms with van der Waals surface area (Å²) in [5.41, 5.74) is 0.479. The van der Waals surface area contributed by atoms with Gasteiger partial charge in [0.15, 0.2) is 0 Å². The van der Waals surface area contributed by atoms with Gasteiger partial charge in [-0.05, 0) is 39.1 Å². The average molecular weight is 334 g/mol. The Kier molecular flexibility index (Phi) is 6.63. The highest BCUT2D eigenvalue weighted by Gasteiger charge is 2.39. The van der Waals surface area contributed by atoms with Crippen LogP contribution in [0, 0.1) is 5.41 Å². The first-order valence-electron chi connectivity index (χ1n) is 8.78. The number of benzene rings is 1. The van der Waals surface area contributed by atoms with E-state index in [9.17, 15) is 9.90 Å². The van der Waals surface area contributed by atoms with Gasteiger partial charge in [0.05, 0.1) is 12.2 Å². The number of para-hydroxylation sites is 1. The Morgan fingerprint density at radius 2 is 2.12 bits per heavy atom. The largest absolute Gasteiger partial charge is 0.491 e. The van der Waals surface area contributed by atoms with Crippen LogP contribution in [-0.4, -0.2) is 67.8 Å². The average Bonchev–Trinajstić information content (AvgIpc) is 2.99. The van der Waals surface area contributed by atoms with E-state index in [1.54, 1.807) is 0 Å². The van der Waals surface area contributed by atoms with Crippen LogP contribution in [0.15, 0.2) is 24.3 Å². The first-order chi connectivity index (χ1) is 11.5. The monoisotopic (exact) mass is 334 g/mol. The molecule has 0 aliphatic carbocycles. The fourth-order valence-corrected chi connectivity index (χ4v) is 3.33. The fraction of sp³-hybridized carbons (Fsp3) is 0.632. The van der Waals surface area contributed by atoms with Crippen LogP contribution >= 0.6 is 0 Å². The van der Waals surface area contributed by atoms with E-state index in [2.05, 4.69) is 6.92 Å². The van der Waals surface area contributed by atoms with E-state index in [-0.39, 0.29) is 17.9 Å². The van der Waals surface area contributed by atoms with E-state index in [1.807, 2.05) is 48.2 Å². The number of aliphatic hydroxyl groups excluding tert-OH is 1. The highest BCUT2D eigenvalue weighted by Crippen LogP contribution is 2.36. The van der Waals surface area contributed by atoms with Crippen molar-refractivity contribution < 1.29 is 14.6 Å². The molecule has 1 aliphatic heterocycles. The second kappa shape index (κ2) is 8.49. The Morgan fingerprint density at radius 1 is 1.38 bits per heavy atom. The van der Waals surface area contributed by atoms with Crippen LogP contribution in [0.3, 0.4) is 0 Å². The number of carbonyl (C=O) groups excluding carboxylic acids is 1. The van der Waals surface area contributed by atoms with Crippen molar-refractivity contribution in [1.29, 1.82) is 0 Å². The summed E-state index contributed by atoms with van der Waals surface area (Å²) < 4.78 is 5.82. The molecule has 1 N–H and O–H groups in total. The van der Waals surface area contributed by atoms with E-state index in [0.717, 1.165) is 25.8 Å². The quantitative estimate of drug-likeness (QED) is 0.792. The molecule has 1 aromatic carbocycles. The van der Waals surface area contributed by atoms with Gasteiger partial charge < -0.3 is 19.6 Å². The molecule has 134 valence electrons. The molecule has 5 nitrogen and oxygen atoms in total. The van der Waals surface area contributed by atoms with Crippen LogP contribution < -0.4 is 4.74 Å². The molecule has 1 amide bonds. The van der Waals surface area contributed by atoms with Gasteiger partial charge in [0, 0.05) is 25.0 Å². The molecule has 1 fully saturated rings. The van der Waals surface area contributed by atoms with Gasteiger partial charge in [0.1, 0.15) is 12.4 Å². The van der Waals surface area contributed by atoms with E-state index in [4.69, 9.17) is 4.74 Å². The smallest absolute Gasteiger partial charge is 0.257 e. The van der Waals surface area contributed by atoms with Crippen LogP contribution in [0.5, 0.6) is 5.75 Å². The maximum Gasteiger partial charge on any atom is 0.257 e. The van der Waals surface area contributed by atoms with Crippen LogP contribution in [0.1, 0.15) is 36.5 Å². The highest BCUT2D eigenvalue weighted by molar-refractivity contribution is 5.97. The van der Waals surface area contributed by atoms with E-state index >= 15 is 0 Å². The molecule has 1 atom stereocenters. The zero-order valence-corrected chi connectivity index (χ0v) is 15.1. The van der Waals surface area contributed by atoms with Gasteiger partial charge in [-0.1, -0.05) is 25.5 Å². The summed E-state index contributed by atoms with van der Waals surface area (Å²) in [5, 5.41) is 9.77. The third-order valence-electron chi connectivity index (χ3n) is 4.75. The van der Waals surface area contributed by atoms with Gasteiger partial charge in [-0.25, -0.2) is 0 Å². The van der Waals surface area contributed by atoms with E-state index < -0.39 is 0 Å². The molecule has 1 heterocycles. The summed E-state index contributed by atoms with van der Waals surface area (Å²) in [4.78, 5) is 16.8. The van der Waals surface area contributed by atoms with Crippen LogP contribution in [0.4, 0.5) is 0 Å². The van der Waals surface area contributed by atoms with Crippen LogP contribution in [-0.2, 0) is 0 Å². The van der Waals surface area contributed by atoms with Crippen LogP contribution in [0.2, 0.25) is 0 Å². The molecule has 0 bridgehead atoms. The van der Waals surface area contributed by atoms with E-state index in [1.165, 1.54) is 0 Å². The molecule has 24 heavy (non-hydrogen) atoms. The predicted octanol–water partition coefficient (Wildman–Crippen LogP) is 2.25. The standard InChI is InChI=1S/C19H30N2O3/c1-4-9-19(15-22)10-11-21(14-19)18(23)16-7-5-6-8-17(16)24-13-12-20(2)3/h5-8,22H,4,9-15H2,1-3H3. The zero-order chi connectivity index (χ0) is 17.6. The third kappa shape index (κ3) is 4.48. The van der Waals surface area contributed by atoms with Crippen molar-refractivity contribution in [3.05, 3.63) is 29.8 Å². The Morgan fingerprint density at radius 3 is 2.79 bits per heavy atom. The molecule has 0 spiro atoms. The summed E-state index contributed by atoms with van der Waals surface area (Å²) >= 11 is 0. The van der Waals surface area contributed by atoms with Crippen molar-refractivity contribution in [2.75, 3.05) is 46.9 Å². The van der Waals surface area contributed by atoms with E-state index in [0.29, 0.717) is 31.0 Å². The molecule has 0 radical (unpaired) electrons. The summed E-state index contributed by atoms with van der Waals surface area (Å²) in [7, 11) is 3.99. The van der Waals surface area contributed by atoms with Gasteiger partial charge in [0.25, 0.3) is 5.91 Å². The van der Waals surface area contributed by atoms with Gasteiger partial charge >= 0.3 is 0 Å². The lowest BCUT2D eigenvalue weighted by molar-refractivity contribution is 0.0725. The Hall–Kier alpha value is -1.59. The minimum absolute atomic E-state index is 0.00174. The zero-order valence-electron chi connectivity index (χ0n) is 15.1. The maximum atomic E-state index is 12.9. The molecule has 1 aromatic rings. The van der Waals surface area contributed by atoms with Crippen LogP contribution in [0.25, 0.3) is 0 Å². The summed E-state index contributed by atoms with van der Waals surface area (Å²) in [6, 6.07) is 7.44. The van der Waals surface area contributed by atoms with Gasteiger partial charge in [-0.2, -0.15) is 0 Å². The maximum absolute atomic E-state index is 12.9. The second-order valence-electron chi connectivity index (χ2n) is 7.03. The number of hydrogen-bond acceptors (Lipinski definition) is 4. The van der Waals surface area contributed by atoms with Gasteiger partial charge in [-0.3, -0.25) is 4.79 Å². The number of carbonyl (C=O) groups is 1. The second-order valence-corrected chi connectivity index (χ2v) is 7.03. The highest BCUT2D eigenvalue weighted by atomic mass is 16.5. The number of likely N-dealkylation sites (N-methyl/N-ethyl adjacent to an activating group) is 1. The first-order valence-corrected chi connectivity index (χ1v) is 8.78. The van der Waals surface area contributed by atoms with Crippen molar-refractivity contribution in [2.24, 2.45) is 5.41 Å². The molecule has 5 heteroatoms. The van der Waals surface area contributed by atoms with Crippen molar-refractivity contribution in [3.8, 4) is 5.75 Å². The fourth-order valence-electron chi connectivity index (χ4n) is 3.33. The molecule has 0 saturated carbocycles. The van der Waals surface area contributed by atoms with Crippen molar-refractivity contribution in [3.63, 3.8) is 0 Å². The topological polar surface area (TPSA) is 53.0 Å². The number of ether oxygens (including phenoxy) is 1. The number of nitrogens with zero attached hydrogens (tertiary/aromatic N) is 2. The molecular formula is C19H30N2O3. The Balaban J connectivity index is 2.07. The molecule has 2 rings (SSSR count). The lowest BCUT2D eigenvalue weighted by Crippen LogP contribution is -2.34. The lowest BCUT2D eigenvalue weighted by Gasteiger charge is -2.26. The first kappa shape index (κ1) is 18.7. The molecule has 1 aliphatic rings. The number of rotatable bonds is 8. The molecule has 1 saturated heterocycles. The summed E-state index contributed by atoms with van der Waals surface area (Å²) in [5.74, 6) is 0.642. The lowest BCUT2D eigenvalue weighted by atomic mass is 9.83. The van der Waals surface area contributed by atoms with Gasteiger partial charge in [-0.15, -0.1) is 0 Å². The normalized spacial score (nSPS) is 20.6. The Labute approximate surface area is 145 Å². The SMILES string of the molecule is CCCC1(CO)CCN(C(=O)c2ccccc2OCCN(C)C)C1. The van der Waals surface area contributed by atoms with Crippen molar-refractivity contribution in [1.82, 2.24) is 9.80 Å². The summed E-state index contributed by atoms with van der Waals surface area (Å²) in [6.45, 7) is 4.94. The summed E-state index contributed by atoms with van der Waals surface area (Å²) in [6.07, 6.45) is 2.84. The third-order valence-corrected chi connectivity index (χ3v) is 4.75. The minimum Gasteiger partial charge on any atom is -0.491 e. The number of amides is 1. The number of hydrogen-bond donors (Lipinski definition) is 1. The predicted molar refractivity (Wildman–Crippen MR) is 95.4 cm³/mol. The van der Waals surface area contributed by atoms with Gasteiger partial charge in [0.2, 0.25) is 0 Å². The van der Waals surface area contributed by atoms with Crippen molar-refractivity contribution >= 4 is 5.91 Å².